The maximum atomic E-state index is 9.06. The van der Waals surface area contributed by atoms with Gasteiger partial charge in [-0.05, 0) is 18.1 Å². The highest BCUT2D eigenvalue weighted by Crippen LogP contribution is 2.22. The van der Waals surface area contributed by atoms with Crippen molar-refractivity contribution >= 4 is 22.6 Å². The van der Waals surface area contributed by atoms with E-state index in [9.17, 15) is 0 Å². The van der Waals surface area contributed by atoms with Crippen molar-refractivity contribution in [2.24, 2.45) is 5.92 Å². The summed E-state index contributed by atoms with van der Waals surface area (Å²) < 4.78 is 2.10. The van der Waals surface area contributed by atoms with E-state index in [1.54, 1.807) is 6.07 Å². The first-order chi connectivity index (χ1) is 8.17. The highest BCUT2D eigenvalue weighted by Gasteiger charge is 2.13. The molecule has 2 rings (SSSR count). The number of fused-ring (bicyclic) bond motifs is 1. The average Bonchev–Trinajstić information content (AvgIpc) is 2.66. The number of hydrogen-bond acceptors (Lipinski definition) is 2. The second-order valence-electron chi connectivity index (χ2n) is 4.45. The summed E-state index contributed by atoms with van der Waals surface area (Å²) >= 11 is 5.92. The zero-order valence-corrected chi connectivity index (χ0v) is 10.7. The predicted octanol–water partition coefficient (Wildman–Crippen LogP) is 3.30. The molecule has 0 spiro atoms. The van der Waals surface area contributed by atoms with Crippen molar-refractivity contribution in [3.05, 3.63) is 29.6 Å². The standard InChI is InChI=1S/C13H14ClN3/c1-9(2)8-17-11-5-3-4-10(7-15)13(11)16-12(17)6-14/h3-5,9H,6,8H2,1-2H3. The molecule has 4 heteroatoms. The lowest BCUT2D eigenvalue weighted by Gasteiger charge is -2.10. The average molecular weight is 248 g/mol. The van der Waals surface area contributed by atoms with E-state index in [1.165, 1.54) is 0 Å². The van der Waals surface area contributed by atoms with Crippen molar-refractivity contribution in [1.29, 1.82) is 5.26 Å². The van der Waals surface area contributed by atoms with Crippen LogP contribution in [0, 0.1) is 17.2 Å². The van der Waals surface area contributed by atoms with E-state index in [0.29, 0.717) is 17.4 Å². The van der Waals surface area contributed by atoms with Gasteiger partial charge >= 0.3 is 0 Å². The normalized spacial score (nSPS) is 11.0. The third-order valence-electron chi connectivity index (χ3n) is 2.65. The third-order valence-corrected chi connectivity index (χ3v) is 2.88. The monoisotopic (exact) mass is 247 g/mol. The molecule has 3 nitrogen and oxygen atoms in total. The fourth-order valence-corrected chi connectivity index (χ4v) is 2.16. The van der Waals surface area contributed by atoms with Crippen LogP contribution in [0.5, 0.6) is 0 Å². The molecule has 0 saturated heterocycles. The number of alkyl halides is 1. The van der Waals surface area contributed by atoms with E-state index >= 15 is 0 Å². The lowest BCUT2D eigenvalue weighted by Crippen LogP contribution is -2.07. The van der Waals surface area contributed by atoms with Gasteiger partial charge in [-0.2, -0.15) is 5.26 Å². The Hall–Kier alpha value is -1.53. The predicted molar refractivity (Wildman–Crippen MR) is 68.8 cm³/mol. The molecule has 1 heterocycles. The number of nitrogens with zero attached hydrogens (tertiary/aromatic N) is 3. The van der Waals surface area contributed by atoms with Crippen LogP contribution in [-0.4, -0.2) is 9.55 Å². The van der Waals surface area contributed by atoms with Crippen molar-refractivity contribution < 1.29 is 0 Å². The lowest BCUT2D eigenvalue weighted by molar-refractivity contribution is 0.522. The van der Waals surface area contributed by atoms with Crippen molar-refractivity contribution in [1.82, 2.24) is 9.55 Å². The van der Waals surface area contributed by atoms with Gasteiger partial charge in [-0.3, -0.25) is 0 Å². The topological polar surface area (TPSA) is 41.6 Å². The maximum absolute atomic E-state index is 9.06. The number of hydrogen-bond donors (Lipinski definition) is 0. The number of nitriles is 1. The molecule has 1 aromatic heterocycles. The fourth-order valence-electron chi connectivity index (χ4n) is 1.96. The van der Waals surface area contributed by atoms with Crippen LogP contribution in [0.2, 0.25) is 0 Å². The SMILES string of the molecule is CC(C)Cn1c(CCl)nc2c(C#N)cccc21. The van der Waals surface area contributed by atoms with E-state index < -0.39 is 0 Å². The van der Waals surface area contributed by atoms with E-state index in [0.717, 1.165) is 23.4 Å². The molecule has 0 N–H and O–H groups in total. The van der Waals surface area contributed by atoms with Gasteiger partial charge in [-0.1, -0.05) is 19.9 Å². The minimum absolute atomic E-state index is 0.367. The van der Waals surface area contributed by atoms with E-state index in [1.807, 2.05) is 12.1 Å². The molecule has 0 aliphatic rings. The Morgan fingerprint density at radius 1 is 1.47 bits per heavy atom. The second kappa shape index (κ2) is 4.77. The van der Waals surface area contributed by atoms with Crippen LogP contribution in [-0.2, 0) is 12.4 Å². The summed E-state index contributed by atoms with van der Waals surface area (Å²) in [6.07, 6.45) is 0. The first kappa shape index (κ1) is 11.9. The molecule has 17 heavy (non-hydrogen) atoms. The van der Waals surface area contributed by atoms with Gasteiger partial charge in [-0.15, -0.1) is 11.6 Å². The van der Waals surface area contributed by atoms with Crippen molar-refractivity contribution in [2.75, 3.05) is 0 Å². The molecule has 0 aliphatic carbocycles. The van der Waals surface area contributed by atoms with Crippen LogP contribution in [0.1, 0.15) is 25.2 Å². The largest absolute Gasteiger partial charge is 0.327 e. The molecule has 0 fully saturated rings. The van der Waals surface area contributed by atoms with Crippen LogP contribution >= 0.6 is 11.6 Å². The summed E-state index contributed by atoms with van der Waals surface area (Å²) in [7, 11) is 0. The number of rotatable bonds is 3. The van der Waals surface area contributed by atoms with Gasteiger partial charge < -0.3 is 4.57 Å². The highest BCUT2D eigenvalue weighted by molar-refractivity contribution is 6.16. The van der Waals surface area contributed by atoms with Gasteiger partial charge in [0.2, 0.25) is 0 Å². The van der Waals surface area contributed by atoms with Gasteiger partial charge in [0.15, 0.2) is 0 Å². The smallest absolute Gasteiger partial charge is 0.124 e. The fraction of sp³-hybridized carbons (Fsp3) is 0.385. The summed E-state index contributed by atoms with van der Waals surface area (Å²) in [4.78, 5) is 4.46. The summed E-state index contributed by atoms with van der Waals surface area (Å²) in [6.45, 7) is 5.17. The Labute approximate surface area is 106 Å². The Bertz CT molecular complexity index is 578. The summed E-state index contributed by atoms with van der Waals surface area (Å²) in [5.74, 6) is 1.71. The van der Waals surface area contributed by atoms with Crippen molar-refractivity contribution in [3.8, 4) is 6.07 Å². The van der Waals surface area contributed by atoms with Crippen LogP contribution in [0.3, 0.4) is 0 Å². The molecule has 0 bridgehead atoms. The molecule has 0 amide bonds. The molecule has 88 valence electrons. The van der Waals surface area contributed by atoms with Crippen LogP contribution in [0.15, 0.2) is 18.2 Å². The zero-order valence-electron chi connectivity index (χ0n) is 9.94. The Morgan fingerprint density at radius 2 is 2.24 bits per heavy atom. The third kappa shape index (κ3) is 2.13. The molecular formula is C13H14ClN3. The van der Waals surface area contributed by atoms with Crippen LogP contribution in [0.25, 0.3) is 11.0 Å². The second-order valence-corrected chi connectivity index (χ2v) is 4.72. The quantitative estimate of drug-likeness (QED) is 0.781. The van der Waals surface area contributed by atoms with Gasteiger partial charge in [0.25, 0.3) is 0 Å². The highest BCUT2D eigenvalue weighted by atomic mass is 35.5. The number of halogens is 1. The van der Waals surface area contributed by atoms with Gasteiger partial charge in [-0.25, -0.2) is 4.98 Å². The van der Waals surface area contributed by atoms with Gasteiger partial charge in [0, 0.05) is 6.54 Å². The molecule has 0 unspecified atom stereocenters. The molecule has 2 aromatic rings. The molecule has 0 atom stereocenters. The Balaban J connectivity index is 2.68. The summed E-state index contributed by atoms with van der Waals surface area (Å²) in [6, 6.07) is 7.83. The summed E-state index contributed by atoms with van der Waals surface area (Å²) in [5.41, 5.74) is 2.36. The number of benzene rings is 1. The van der Waals surface area contributed by atoms with Crippen molar-refractivity contribution in [2.45, 2.75) is 26.3 Å². The molecule has 0 saturated carbocycles. The Morgan fingerprint density at radius 3 is 2.82 bits per heavy atom. The molecule has 0 radical (unpaired) electrons. The first-order valence-electron chi connectivity index (χ1n) is 5.61. The van der Waals surface area contributed by atoms with Crippen LogP contribution < -0.4 is 0 Å². The number of aromatic nitrogens is 2. The summed E-state index contributed by atoms with van der Waals surface area (Å²) in [5, 5.41) is 9.06. The van der Waals surface area contributed by atoms with Crippen molar-refractivity contribution in [3.63, 3.8) is 0 Å². The van der Waals surface area contributed by atoms with Gasteiger partial charge in [0.1, 0.15) is 17.4 Å². The molecule has 0 aliphatic heterocycles. The molecule has 1 aromatic carbocycles. The van der Waals surface area contributed by atoms with Gasteiger partial charge in [0.05, 0.1) is 17.0 Å². The zero-order chi connectivity index (χ0) is 12.4. The van der Waals surface area contributed by atoms with E-state index in [-0.39, 0.29) is 0 Å². The minimum Gasteiger partial charge on any atom is -0.327 e. The number of imidazole rings is 1. The number of para-hydroxylation sites is 1. The lowest BCUT2D eigenvalue weighted by atomic mass is 10.2. The van der Waals surface area contributed by atoms with E-state index in [4.69, 9.17) is 16.9 Å². The van der Waals surface area contributed by atoms with Crippen LogP contribution in [0.4, 0.5) is 0 Å². The molecular weight excluding hydrogens is 234 g/mol. The first-order valence-corrected chi connectivity index (χ1v) is 6.15. The minimum atomic E-state index is 0.367. The Kier molecular flexibility index (Phi) is 3.35. The maximum Gasteiger partial charge on any atom is 0.124 e. The van der Waals surface area contributed by atoms with E-state index in [2.05, 4.69) is 29.5 Å².